The topological polar surface area (TPSA) is 44.1 Å². The van der Waals surface area contributed by atoms with Crippen LogP contribution in [0.5, 0.6) is 0 Å². The fourth-order valence-corrected chi connectivity index (χ4v) is 3.48. The van der Waals surface area contributed by atoms with Crippen molar-refractivity contribution >= 4 is 17.0 Å². The van der Waals surface area contributed by atoms with Crippen LogP contribution in [-0.4, -0.2) is 22.1 Å². The van der Waals surface area contributed by atoms with Gasteiger partial charge in [-0.05, 0) is 56.3 Å². The number of carbonyl (C=O) groups is 1. The normalized spacial score (nSPS) is 11.6. The van der Waals surface area contributed by atoms with Gasteiger partial charge in [0.25, 0.3) is 0 Å². The molecule has 0 saturated heterocycles. The van der Waals surface area contributed by atoms with E-state index < -0.39 is 17.7 Å². The van der Waals surface area contributed by atoms with Gasteiger partial charge in [0.2, 0.25) is 0 Å². The van der Waals surface area contributed by atoms with E-state index in [0.29, 0.717) is 22.6 Å². The molecule has 31 heavy (non-hydrogen) atoms. The average Bonchev–Trinajstić information content (AvgIpc) is 3.12. The molecule has 0 radical (unpaired) electrons. The van der Waals surface area contributed by atoms with Gasteiger partial charge in [-0.25, -0.2) is 9.78 Å². The van der Waals surface area contributed by atoms with Crippen molar-refractivity contribution in [1.82, 2.24) is 9.55 Å². The van der Waals surface area contributed by atoms with Crippen molar-refractivity contribution < 1.29 is 22.7 Å². The Morgan fingerprint density at radius 3 is 2.52 bits per heavy atom. The highest BCUT2D eigenvalue weighted by atomic mass is 19.4. The van der Waals surface area contributed by atoms with E-state index in [1.54, 1.807) is 35.8 Å². The third-order valence-corrected chi connectivity index (χ3v) is 4.87. The molecule has 0 unspecified atom stereocenters. The second-order valence-corrected chi connectivity index (χ2v) is 7.11. The fraction of sp³-hybridized carbons (Fsp3) is 0.167. The lowest BCUT2D eigenvalue weighted by Gasteiger charge is -2.12. The van der Waals surface area contributed by atoms with Gasteiger partial charge in [0.15, 0.2) is 0 Å². The number of imidazole rings is 1. The van der Waals surface area contributed by atoms with Crippen molar-refractivity contribution in [2.75, 3.05) is 6.61 Å². The van der Waals surface area contributed by atoms with E-state index in [-0.39, 0.29) is 12.1 Å². The van der Waals surface area contributed by atoms with Gasteiger partial charge >= 0.3 is 12.1 Å². The summed E-state index contributed by atoms with van der Waals surface area (Å²) in [5.74, 6) is 0.0178. The number of hydrogen-bond acceptors (Lipinski definition) is 3. The number of nitrogens with zero attached hydrogens (tertiary/aromatic N) is 2. The standard InChI is InChI=1S/C24H19F3N2O2/c1-3-31-23(30)17-8-5-9-19(13-17)29-21-11-10-18(24(25,26)27)14-20(21)28-22(29)16-7-4-6-15(2)12-16/h4-14H,3H2,1-2H3. The van der Waals surface area contributed by atoms with Crippen LogP contribution in [0.3, 0.4) is 0 Å². The fourth-order valence-electron chi connectivity index (χ4n) is 3.48. The lowest BCUT2D eigenvalue weighted by atomic mass is 10.1. The summed E-state index contributed by atoms with van der Waals surface area (Å²) in [5, 5.41) is 0. The Labute approximate surface area is 176 Å². The van der Waals surface area contributed by atoms with Gasteiger partial charge < -0.3 is 4.74 Å². The molecule has 0 aliphatic carbocycles. The number of hydrogen-bond donors (Lipinski definition) is 0. The Kier molecular flexibility index (Phi) is 5.27. The molecule has 0 atom stereocenters. The number of esters is 1. The van der Waals surface area contributed by atoms with Crippen molar-refractivity contribution in [3.05, 3.63) is 83.4 Å². The van der Waals surface area contributed by atoms with E-state index in [9.17, 15) is 18.0 Å². The van der Waals surface area contributed by atoms with Crippen molar-refractivity contribution in [2.45, 2.75) is 20.0 Å². The largest absolute Gasteiger partial charge is 0.462 e. The predicted molar refractivity (Wildman–Crippen MR) is 112 cm³/mol. The molecule has 0 amide bonds. The molecule has 0 aliphatic heterocycles. The minimum absolute atomic E-state index is 0.216. The summed E-state index contributed by atoms with van der Waals surface area (Å²) in [5.41, 5.74) is 2.66. The third kappa shape index (κ3) is 4.03. The van der Waals surface area contributed by atoms with E-state index in [4.69, 9.17) is 4.74 Å². The number of fused-ring (bicyclic) bond motifs is 1. The average molecular weight is 424 g/mol. The number of alkyl halides is 3. The highest BCUT2D eigenvalue weighted by Gasteiger charge is 2.31. The molecule has 0 N–H and O–H groups in total. The maximum atomic E-state index is 13.3. The smallest absolute Gasteiger partial charge is 0.416 e. The van der Waals surface area contributed by atoms with Gasteiger partial charge in [0.05, 0.1) is 28.8 Å². The number of carbonyl (C=O) groups excluding carboxylic acids is 1. The molecule has 3 aromatic carbocycles. The molecule has 0 spiro atoms. The number of rotatable bonds is 4. The van der Waals surface area contributed by atoms with Crippen molar-refractivity contribution in [2.24, 2.45) is 0 Å². The molecule has 4 nitrogen and oxygen atoms in total. The van der Waals surface area contributed by atoms with E-state index in [0.717, 1.165) is 23.3 Å². The molecule has 1 heterocycles. The van der Waals surface area contributed by atoms with Crippen molar-refractivity contribution in [3.8, 4) is 17.1 Å². The summed E-state index contributed by atoms with van der Waals surface area (Å²) in [7, 11) is 0. The first kappa shape index (κ1) is 20.7. The maximum Gasteiger partial charge on any atom is 0.416 e. The summed E-state index contributed by atoms with van der Waals surface area (Å²) >= 11 is 0. The zero-order chi connectivity index (χ0) is 22.2. The molecule has 0 aliphatic rings. The first-order valence-electron chi connectivity index (χ1n) is 9.72. The first-order chi connectivity index (χ1) is 14.8. The van der Waals surface area contributed by atoms with Crippen molar-refractivity contribution in [1.29, 1.82) is 0 Å². The number of benzene rings is 3. The monoisotopic (exact) mass is 424 g/mol. The molecule has 158 valence electrons. The summed E-state index contributed by atoms with van der Waals surface area (Å²) in [6.45, 7) is 3.89. The minimum Gasteiger partial charge on any atom is -0.462 e. The van der Waals surface area contributed by atoms with Gasteiger partial charge in [-0.3, -0.25) is 4.57 Å². The number of ether oxygens (including phenoxy) is 1. The predicted octanol–water partition coefficient (Wildman–Crippen LogP) is 6.20. The molecule has 4 aromatic rings. The second-order valence-electron chi connectivity index (χ2n) is 7.11. The highest BCUT2D eigenvalue weighted by molar-refractivity contribution is 5.91. The lowest BCUT2D eigenvalue weighted by Crippen LogP contribution is -2.06. The molecule has 4 rings (SSSR count). The molecule has 1 aromatic heterocycles. The van der Waals surface area contributed by atoms with Crippen LogP contribution in [0.2, 0.25) is 0 Å². The Bertz CT molecular complexity index is 1280. The van der Waals surface area contributed by atoms with E-state index in [2.05, 4.69) is 4.98 Å². The van der Waals surface area contributed by atoms with Gasteiger partial charge in [-0.2, -0.15) is 13.2 Å². The second kappa shape index (κ2) is 7.91. The van der Waals surface area contributed by atoms with Crippen LogP contribution in [0.4, 0.5) is 13.2 Å². The van der Waals surface area contributed by atoms with Crippen LogP contribution in [0.15, 0.2) is 66.7 Å². The lowest BCUT2D eigenvalue weighted by molar-refractivity contribution is -0.137. The first-order valence-corrected chi connectivity index (χ1v) is 9.72. The van der Waals surface area contributed by atoms with Gasteiger partial charge in [0.1, 0.15) is 5.82 Å². The van der Waals surface area contributed by atoms with Gasteiger partial charge in [-0.1, -0.05) is 29.8 Å². The molecule has 7 heteroatoms. The zero-order valence-electron chi connectivity index (χ0n) is 16.9. The summed E-state index contributed by atoms with van der Waals surface area (Å²) in [6.07, 6.45) is -4.47. The molecule has 0 bridgehead atoms. The molecule has 0 fully saturated rings. The Balaban J connectivity index is 1.97. The van der Waals surface area contributed by atoms with E-state index >= 15 is 0 Å². The summed E-state index contributed by atoms with van der Waals surface area (Å²) in [4.78, 5) is 16.7. The van der Waals surface area contributed by atoms with Gasteiger partial charge in [-0.15, -0.1) is 0 Å². The molecular weight excluding hydrogens is 405 g/mol. The SMILES string of the molecule is CCOC(=O)c1cccc(-n2c(-c3cccc(C)c3)nc3cc(C(F)(F)F)ccc32)c1. The Morgan fingerprint density at radius 1 is 1.03 bits per heavy atom. The van der Waals surface area contributed by atoms with Crippen LogP contribution in [-0.2, 0) is 10.9 Å². The van der Waals surface area contributed by atoms with Gasteiger partial charge in [0, 0.05) is 11.3 Å². The molecular formula is C24H19F3N2O2. The molecule has 0 saturated carbocycles. The summed E-state index contributed by atoms with van der Waals surface area (Å²) < 4.78 is 46.6. The third-order valence-electron chi connectivity index (χ3n) is 4.87. The van der Waals surface area contributed by atoms with Crippen LogP contribution in [0.25, 0.3) is 28.1 Å². The number of halogens is 3. The quantitative estimate of drug-likeness (QED) is 0.367. The van der Waals surface area contributed by atoms with Crippen LogP contribution in [0.1, 0.15) is 28.4 Å². The minimum atomic E-state index is -4.47. The number of aryl methyl sites for hydroxylation is 1. The van der Waals surface area contributed by atoms with Crippen LogP contribution >= 0.6 is 0 Å². The Hall–Kier alpha value is -3.61. The van der Waals surface area contributed by atoms with Crippen molar-refractivity contribution in [3.63, 3.8) is 0 Å². The van der Waals surface area contributed by atoms with E-state index in [1.807, 2.05) is 31.2 Å². The highest BCUT2D eigenvalue weighted by Crippen LogP contribution is 2.34. The van der Waals surface area contributed by atoms with Crippen LogP contribution in [0, 0.1) is 6.92 Å². The maximum absolute atomic E-state index is 13.3. The number of aromatic nitrogens is 2. The zero-order valence-corrected chi connectivity index (χ0v) is 16.9. The van der Waals surface area contributed by atoms with Crippen LogP contribution < -0.4 is 0 Å². The van der Waals surface area contributed by atoms with E-state index in [1.165, 1.54) is 6.07 Å². The summed E-state index contributed by atoms with van der Waals surface area (Å²) in [6, 6.07) is 17.8. The Morgan fingerprint density at radius 2 is 1.81 bits per heavy atom.